The van der Waals surface area contributed by atoms with E-state index in [9.17, 15) is 28.8 Å². The Morgan fingerprint density at radius 1 is 0.920 bits per heavy atom. The highest BCUT2D eigenvalue weighted by atomic mass is 16.2. The Balaban J connectivity index is 1.51. The predicted octanol–water partition coefficient (Wildman–Crippen LogP) is 3.02. The van der Waals surface area contributed by atoms with Crippen LogP contribution in [0.4, 0.5) is 0 Å². The fourth-order valence-corrected chi connectivity index (χ4v) is 6.91. The molecular formula is C37H51N7O6. The molecule has 4 rings (SSSR count). The van der Waals surface area contributed by atoms with Crippen molar-refractivity contribution in [1.82, 2.24) is 36.1 Å². The molecule has 3 unspecified atom stereocenters. The van der Waals surface area contributed by atoms with E-state index >= 15 is 0 Å². The molecular weight excluding hydrogens is 638 g/mol. The van der Waals surface area contributed by atoms with Crippen molar-refractivity contribution in [1.29, 1.82) is 0 Å². The Labute approximate surface area is 294 Å². The molecule has 1 aromatic carbocycles. The van der Waals surface area contributed by atoms with Gasteiger partial charge in [0.15, 0.2) is 0 Å². The van der Waals surface area contributed by atoms with Crippen molar-refractivity contribution in [2.24, 2.45) is 11.3 Å². The van der Waals surface area contributed by atoms with Crippen LogP contribution in [0.2, 0.25) is 0 Å². The zero-order valence-corrected chi connectivity index (χ0v) is 29.9. The SMILES string of the molecule is CCCC(NC(=O)[C@@H]1CC2CCCCC2N1C(=O)[C@@H](NC(=O)[C@H](C)NC(=O)c1cnccn1)C(C)(C)C)C(=O)C(=O)N[C@@H](C)c1ccccc1. The van der Waals surface area contributed by atoms with Crippen LogP contribution in [0.1, 0.15) is 109 Å². The Morgan fingerprint density at radius 2 is 1.62 bits per heavy atom. The summed E-state index contributed by atoms with van der Waals surface area (Å²) in [5.74, 6) is -3.49. The first-order valence-electron chi connectivity index (χ1n) is 17.6. The third-order valence-corrected chi connectivity index (χ3v) is 9.66. The van der Waals surface area contributed by atoms with E-state index in [4.69, 9.17) is 0 Å². The lowest BCUT2D eigenvalue weighted by molar-refractivity contribution is -0.147. The number of aromatic nitrogens is 2. The van der Waals surface area contributed by atoms with Crippen LogP contribution in [-0.4, -0.2) is 80.4 Å². The second-order valence-corrected chi connectivity index (χ2v) is 14.5. The molecule has 1 aliphatic carbocycles. The highest BCUT2D eigenvalue weighted by Crippen LogP contribution is 2.41. The molecule has 5 amide bonds. The molecule has 1 saturated carbocycles. The lowest BCUT2D eigenvalue weighted by Crippen LogP contribution is -2.62. The maximum atomic E-state index is 14.6. The topological polar surface area (TPSA) is 180 Å². The lowest BCUT2D eigenvalue weighted by Gasteiger charge is -2.40. The van der Waals surface area contributed by atoms with Crippen molar-refractivity contribution < 1.29 is 28.8 Å². The zero-order chi connectivity index (χ0) is 36.6. The number of carbonyl (C=O) groups is 6. The van der Waals surface area contributed by atoms with E-state index < -0.39 is 70.9 Å². The summed E-state index contributed by atoms with van der Waals surface area (Å²) in [5, 5.41) is 11.0. The summed E-state index contributed by atoms with van der Waals surface area (Å²) in [6.07, 6.45) is 8.76. The molecule has 2 heterocycles. The number of carbonyl (C=O) groups excluding carboxylic acids is 6. The van der Waals surface area contributed by atoms with E-state index in [2.05, 4.69) is 31.2 Å². The molecule has 270 valence electrons. The van der Waals surface area contributed by atoms with Crippen LogP contribution in [0, 0.1) is 11.3 Å². The normalized spacial score (nSPS) is 21.1. The fraction of sp³-hybridized carbons (Fsp3) is 0.568. The van der Waals surface area contributed by atoms with E-state index in [1.54, 1.807) is 11.8 Å². The van der Waals surface area contributed by atoms with Crippen molar-refractivity contribution in [2.75, 3.05) is 0 Å². The number of Topliss-reactive ketones (excluding diaryl/α,β-unsaturated/α-hetero) is 1. The molecule has 1 aromatic heterocycles. The Bertz CT molecular complexity index is 1530. The van der Waals surface area contributed by atoms with Gasteiger partial charge in [0.25, 0.3) is 11.8 Å². The summed E-state index contributed by atoms with van der Waals surface area (Å²) in [6.45, 7) is 10.6. The van der Waals surface area contributed by atoms with Crippen molar-refractivity contribution >= 4 is 35.3 Å². The molecule has 13 nitrogen and oxygen atoms in total. The first-order chi connectivity index (χ1) is 23.7. The first kappa shape index (κ1) is 38.1. The Morgan fingerprint density at radius 3 is 2.26 bits per heavy atom. The van der Waals surface area contributed by atoms with Gasteiger partial charge in [0.05, 0.1) is 18.3 Å². The van der Waals surface area contributed by atoms with Crippen LogP contribution in [0.25, 0.3) is 0 Å². The van der Waals surface area contributed by atoms with Crippen LogP contribution in [0.5, 0.6) is 0 Å². The summed E-state index contributed by atoms with van der Waals surface area (Å²) in [5.41, 5.74) is 0.131. The van der Waals surface area contributed by atoms with Crippen molar-refractivity contribution in [3.05, 3.63) is 60.2 Å². The molecule has 13 heteroatoms. The number of fused-ring (bicyclic) bond motifs is 1. The maximum Gasteiger partial charge on any atom is 0.290 e. The summed E-state index contributed by atoms with van der Waals surface area (Å²) in [4.78, 5) is 90.7. The van der Waals surface area contributed by atoms with Crippen molar-refractivity contribution in [2.45, 2.75) is 123 Å². The Kier molecular flexibility index (Phi) is 12.8. The van der Waals surface area contributed by atoms with E-state index in [0.29, 0.717) is 19.3 Å². The number of rotatable bonds is 13. The highest BCUT2D eigenvalue weighted by molar-refractivity contribution is 6.38. The number of ketones is 1. The molecule has 0 spiro atoms. The minimum absolute atomic E-state index is 0.0490. The van der Waals surface area contributed by atoms with Gasteiger partial charge in [-0.15, -0.1) is 0 Å². The number of hydrogen-bond acceptors (Lipinski definition) is 8. The molecule has 4 N–H and O–H groups in total. The average molecular weight is 690 g/mol. The third kappa shape index (κ3) is 9.30. The van der Waals surface area contributed by atoms with Gasteiger partial charge >= 0.3 is 0 Å². The van der Waals surface area contributed by atoms with Crippen LogP contribution in [-0.2, 0) is 24.0 Å². The van der Waals surface area contributed by atoms with E-state index in [1.807, 2.05) is 58.0 Å². The molecule has 2 aliphatic rings. The highest BCUT2D eigenvalue weighted by Gasteiger charge is 2.51. The third-order valence-electron chi connectivity index (χ3n) is 9.66. The van der Waals surface area contributed by atoms with Crippen LogP contribution < -0.4 is 21.3 Å². The molecule has 2 fully saturated rings. The van der Waals surface area contributed by atoms with Crippen LogP contribution >= 0.6 is 0 Å². The minimum Gasteiger partial charge on any atom is -0.344 e. The summed E-state index contributed by atoms with van der Waals surface area (Å²) in [6, 6.07) is 4.68. The molecule has 50 heavy (non-hydrogen) atoms. The number of nitrogens with zero attached hydrogens (tertiary/aromatic N) is 3. The van der Waals surface area contributed by atoms with Gasteiger partial charge in [0, 0.05) is 18.4 Å². The number of hydrogen-bond donors (Lipinski definition) is 4. The van der Waals surface area contributed by atoms with Crippen molar-refractivity contribution in [3.8, 4) is 0 Å². The van der Waals surface area contributed by atoms with Gasteiger partial charge in [-0.1, -0.05) is 77.3 Å². The Hall–Kier alpha value is -4.68. The molecule has 1 saturated heterocycles. The smallest absolute Gasteiger partial charge is 0.290 e. The van der Waals surface area contributed by atoms with E-state index in [1.165, 1.54) is 25.5 Å². The first-order valence-corrected chi connectivity index (χ1v) is 17.6. The van der Waals surface area contributed by atoms with Crippen LogP contribution in [0.3, 0.4) is 0 Å². The lowest BCUT2D eigenvalue weighted by atomic mass is 9.83. The van der Waals surface area contributed by atoms with Gasteiger partial charge in [-0.3, -0.25) is 33.8 Å². The fourth-order valence-electron chi connectivity index (χ4n) is 6.91. The number of benzene rings is 1. The summed E-state index contributed by atoms with van der Waals surface area (Å²) in [7, 11) is 0. The quantitative estimate of drug-likeness (QED) is 0.232. The molecule has 0 radical (unpaired) electrons. The molecule has 0 bridgehead atoms. The molecule has 2 aromatic rings. The van der Waals surface area contributed by atoms with E-state index in [0.717, 1.165) is 24.8 Å². The number of likely N-dealkylation sites (tertiary alicyclic amines) is 1. The van der Waals surface area contributed by atoms with Gasteiger partial charge in [0.1, 0.15) is 23.8 Å². The standard InChI is InChI=1S/C37H51N7O6/c1-7-13-26(30(45)35(49)40-22(2)24-14-9-8-10-15-24)42-34(48)29-20-25-16-11-12-17-28(25)44(29)36(50)31(37(4,5)6)43-32(46)23(3)41-33(47)27-21-38-18-19-39-27/h8-10,14-15,18-19,21-23,25-26,28-29,31H,7,11-13,16-17,20H2,1-6H3,(H,40,49)(H,41,47)(H,42,48)(H,43,46)/t22-,23-,25?,26?,28?,29-,31+/m0/s1. The van der Waals surface area contributed by atoms with E-state index in [-0.39, 0.29) is 24.1 Å². The largest absolute Gasteiger partial charge is 0.344 e. The molecule has 7 atom stereocenters. The van der Waals surface area contributed by atoms with Gasteiger partial charge in [-0.05, 0) is 56.4 Å². The minimum atomic E-state index is -1.06. The monoisotopic (exact) mass is 689 g/mol. The van der Waals surface area contributed by atoms with Crippen molar-refractivity contribution in [3.63, 3.8) is 0 Å². The maximum absolute atomic E-state index is 14.6. The second kappa shape index (κ2) is 16.8. The van der Waals surface area contributed by atoms with Gasteiger partial charge in [-0.25, -0.2) is 4.98 Å². The second-order valence-electron chi connectivity index (χ2n) is 14.5. The van der Waals surface area contributed by atoms with Gasteiger partial charge in [0.2, 0.25) is 23.5 Å². The average Bonchev–Trinajstić information content (AvgIpc) is 3.49. The summed E-state index contributed by atoms with van der Waals surface area (Å²) >= 11 is 0. The molecule has 1 aliphatic heterocycles. The number of amides is 5. The number of nitrogens with one attached hydrogen (secondary N) is 4. The predicted molar refractivity (Wildman–Crippen MR) is 186 cm³/mol. The van der Waals surface area contributed by atoms with Crippen LogP contribution in [0.15, 0.2) is 48.9 Å². The van der Waals surface area contributed by atoms with Gasteiger partial charge in [-0.2, -0.15) is 0 Å². The zero-order valence-electron chi connectivity index (χ0n) is 29.9. The summed E-state index contributed by atoms with van der Waals surface area (Å²) < 4.78 is 0. The van der Waals surface area contributed by atoms with Gasteiger partial charge < -0.3 is 26.2 Å².